The van der Waals surface area contributed by atoms with E-state index >= 15 is 0 Å². The molecule has 2 aromatic rings. The second-order valence-corrected chi connectivity index (χ2v) is 4.23. The van der Waals surface area contributed by atoms with Gasteiger partial charge in [-0.15, -0.1) is 0 Å². The van der Waals surface area contributed by atoms with Crippen molar-refractivity contribution in [3.05, 3.63) is 35.3 Å². The smallest absolute Gasteiger partial charge is 0.134 e. The van der Waals surface area contributed by atoms with Crippen molar-refractivity contribution in [1.29, 1.82) is 0 Å². The lowest BCUT2D eigenvalue weighted by molar-refractivity contribution is 0.119. The van der Waals surface area contributed by atoms with Crippen molar-refractivity contribution in [2.24, 2.45) is 0 Å². The maximum atomic E-state index is 13.2. The molecular formula is C14H18FNO2. The van der Waals surface area contributed by atoms with Crippen LogP contribution < -0.4 is 5.32 Å². The minimum Gasteiger partial charge on any atom is -0.459 e. The van der Waals surface area contributed by atoms with Crippen LogP contribution in [0.3, 0.4) is 0 Å². The van der Waals surface area contributed by atoms with Crippen molar-refractivity contribution in [3.8, 4) is 0 Å². The Balaban J connectivity index is 2.40. The highest BCUT2D eigenvalue weighted by molar-refractivity contribution is 5.82. The molecule has 1 aromatic heterocycles. The van der Waals surface area contributed by atoms with E-state index in [1.54, 1.807) is 6.07 Å². The van der Waals surface area contributed by atoms with Gasteiger partial charge in [-0.3, -0.25) is 0 Å². The van der Waals surface area contributed by atoms with Crippen LogP contribution in [0.2, 0.25) is 0 Å². The Kier molecular flexibility index (Phi) is 3.99. The quantitative estimate of drug-likeness (QED) is 0.886. The number of aryl methyl sites for hydroxylation is 1. The first-order valence-electron chi connectivity index (χ1n) is 6.11. The van der Waals surface area contributed by atoms with E-state index in [9.17, 15) is 4.39 Å². The Hall–Kier alpha value is -1.39. The third-order valence-corrected chi connectivity index (χ3v) is 3.09. The molecular weight excluding hydrogens is 233 g/mol. The molecule has 3 nitrogen and oxygen atoms in total. The molecule has 2 rings (SSSR count). The van der Waals surface area contributed by atoms with Crippen molar-refractivity contribution in [3.63, 3.8) is 0 Å². The van der Waals surface area contributed by atoms with E-state index in [1.165, 1.54) is 12.1 Å². The summed E-state index contributed by atoms with van der Waals surface area (Å²) in [6, 6.07) is 4.56. The average molecular weight is 251 g/mol. The molecule has 0 bridgehead atoms. The minimum absolute atomic E-state index is 0.0135. The van der Waals surface area contributed by atoms with E-state index < -0.39 is 0 Å². The summed E-state index contributed by atoms with van der Waals surface area (Å²) in [6.07, 6.45) is 0. The molecule has 0 spiro atoms. The molecule has 0 radical (unpaired) electrons. The molecule has 0 aliphatic heterocycles. The molecule has 0 amide bonds. The highest BCUT2D eigenvalue weighted by Gasteiger charge is 2.19. The summed E-state index contributed by atoms with van der Waals surface area (Å²) >= 11 is 0. The molecule has 0 saturated heterocycles. The molecule has 0 aliphatic rings. The Morgan fingerprint density at radius 1 is 1.44 bits per heavy atom. The lowest BCUT2D eigenvalue weighted by atomic mass is 10.1. The van der Waals surface area contributed by atoms with Gasteiger partial charge in [-0.05, 0) is 39.1 Å². The van der Waals surface area contributed by atoms with Gasteiger partial charge in [0.05, 0.1) is 12.6 Å². The molecule has 1 N–H and O–H groups in total. The molecule has 18 heavy (non-hydrogen) atoms. The van der Waals surface area contributed by atoms with Gasteiger partial charge < -0.3 is 14.5 Å². The third-order valence-electron chi connectivity index (χ3n) is 3.09. The third kappa shape index (κ3) is 2.40. The number of furan rings is 1. The first-order valence-corrected chi connectivity index (χ1v) is 6.11. The van der Waals surface area contributed by atoms with E-state index in [2.05, 4.69) is 5.32 Å². The number of rotatable bonds is 5. The van der Waals surface area contributed by atoms with Crippen molar-refractivity contribution in [1.82, 2.24) is 5.32 Å². The number of halogens is 1. The van der Waals surface area contributed by atoms with Crippen LogP contribution in [0.4, 0.5) is 4.39 Å². The zero-order chi connectivity index (χ0) is 13.1. The van der Waals surface area contributed by atoms with Crippen molar-refractivity contribution in [2.45, 2.75) is 19.9 Å². The van der Waals surface area contributed by atoms with Gasteiger partial charge >= 0.3 is 0 Å². The molecule has 4 heteroatoms. The summed E-state index contributed by atoms with van der Waals surface area (Å²) in [5.41, 5.74) is 1.67. The first kappa shape index (κ1) is 13.1. The monoisotopic (exact) mass is 251 g/mol. The molecule has 1 atom stereocenters. The standard InChI is InChI=1S/C14H18FNO2/c1-4-17-8-12(16-3)14-9(2)11-7-10(15)5-6-13(11)18-14/h5-7,12,16H,4,8H2,1-3H3. The van der Waals surface area contributed by atoms with Gasteiger partial charge in [0.2, 0.25) is 0 Å². The van der Waals surface area contributed by atoms with Gasteiger partial charge in [-0.1, -0.05) is 0 Å². The van der Waals surface area contributed by atoms with Gasteiger partial charge in [-0.25, -0.2) is 4.39 Å². The maximum Gasteiger partial charge on any atom is 0.134 e. The van der Waals surface area contributed by atoms with E-state index in [0.29, 0.717) is 18.8 Å². The Labute approximate surface area is 106 Å². The largest absolute Gasteiger partial charge is 0.459 e. The summed E-state index contributed by atoms with van der Waals surface area (Å²) in [6.45, 7) is 5.09. The van der Waals surface area contributed by atoms with Crippen LogP contribution in [0.5, 0.6) is 0 Å². The van der Waals surface area contributed by atoms with Gasteiger partial charge in [0, 0.05) is 17.6 Å². The molecule has 0 fully saturated rings. The summed E-state index contributed by atoms with van der Waals surface area (Å²) in [5.74, 6) is 0.565. The number of likely N-dealkylation sites (N-methyl/N-ethyl adjacent to an activating group) is 1. The Bertz CT molecular complexity index is 536. The lowest BCUT2D eigenvalue weighted by Crippen LogP contribution is -2.22. The fourth-order valence-corrected chi connectivity index (χ4v) is 2.07. The molecule has 1 heterocycles. The van der Waals surface area contributed by atoms with Crippen molar-refractivity contribution < 1.29 is 13.5 Å². The number of nitrogens with one attached hydrogen (secondary N) is 1. The topological polar surface area (TPSA) is 34.4 Å². The van der Waals surface area contributed by atoms with E-state index in [-0.39, 0.29) is 11.9 Å². The summed E-state index contributed by atoms with van der Waals surface area (Å²) < 4.78 is 24.4. The molecule has 0 saturated carbocycles. The van der Waals surface area contributed by atoms with Crippen LogP contribution >= 0.6 is 0 Å². The van der Waals surface area contributed by atoms with E-state index in [1.807, 2.05) is 20.9 Å². The van der Waals surface area contributed by atoms with Crippen molar-refractivity contribution >= 4 is 11.0 Å². The Morgan fingerprint density at radius 2 is 2.22 bits per heavy atom. The lowest BCUT2D eigenvalue weighted by Gasteiger charge is -2.14. The minimum atomic E-state index is -0.247. The normalized spacial score (nSPS) is 13.1. The summed E-state index contributed by atoms with van der Waals surface area (Å²) in [7, 11) is 1.86. The fraction of sp³-hybridized carbons (Fsp3) is 0.429. The number of benzene rings is 1. The van der Waals surface area contributed by atoms with Gasteiger partial charge in [0.1, 0.15) is 17.2 Å². The highest BCUT2D eigenvalue weighted by Crippen LogP contribution is 2.30. The van der Waals surface area contributed by atoms with Gasteiger partial charge in [-0.2, -0.15) is 0 Å². The predicted molar refractivity (Wildman–Crippen MR) is 69.2 cm³/mol. The number of fused-ring (bicyclic) bond motifs is 1. The van der Waals surface area contributed by atoms with Gasteiger partial charge in [0.25, 0.3) is 0 Å². The fourth-order valence-electron chi connectivity index (χ4n) is 2.07. The molecule has 0 aliphatic carbocycles. The first-order chi connectivity index (χ1) is 8.67. The molecule has 1 unspecified atom stereocenters. The van der Waals surface area contributed by atoms with Crippen LogP contribution in [-0.2, 0) is 4.74 Å². The van der Waals surface area contributed by atoms with Crippen LogP contribution in [0.15, 0.2) is 22.6 Å². The second-order valence-electron chi connectivity index (χ2n) is 4.23. The van der Waals surface area contributed by atoms with Gasteiger partial charge in [0.15, 0.2) is 0 Å². The highest BCUT2D eigenvalue weighted by atomic mass is 19.1. The Morgan fingerprint density at radius 3 is 2.89 bits per heavy atom. The SMILES string of the molecule is CCOCC(NC)c1oc2ccc(F)cc2c1C. The zero-order valence-corrected chi connectivity index (χ0v) is 10.9. The van der Waals surface area contributed by atoms with Crippen LogP contribution in [0, 0.1) is 12.7 Å². The summed E-state index contributed by atoms with van der Waals surface area (Å²) in [4.78, 5) is 0. The molecule has 1 aromatic carbocycles. The van der Waals surface area contributed by atoms with E-state index in [4.69, 9.17) is 9.15 Å². The number of ether oxygens (including phenoxy) is 1. The predicted octanol–water partition coefficient (Wildman–Crippen LogP) is 3.18. The number of hydrogen-bond acceptors (Lipinski definition) is 3. The second kappa shape index (κ2) is 5.50. The molecule has 98 valence electrons. The van der Waals surface area contributed by atoms with Crippen LogP contribution in [0.25, 0.3) is 11.0 Å². The summed E-state index contributed by atoms with van der Waals surface area (Å²) in [5, 5.41) is 3.98. The van der Waals surface area contributed by atoms with Crippen LogP contribution in [0.1, 0.15) is 24.3 Å². The van der Waals surface area contributed by atoms with Crippen LogP contribution in [-0.4, -0.2) is 20.3 Å². The average Bonchev–Trinajstić information content (AvgIpc) is 2.68. The maximum absolute atomic E-state index is 13.2. The zero-order valence-electron chi connectivity index (χ0n) is 10.9. The van der Waals surface area contributed by atoms with Crippen molar-refractivity contribution in [2.75, 3.05) is 20.3 Å². The number of hydrogen-bond donors (Lipinski definition) is 1. The van der Waals surface area contributed by atoms with E-state index in [0.717, 1.165) is 16.7 Å².